The number of hydrogen-bond donors (Lipinski definition) is 2. The number of carbonyl (C=O) groups is 3. The van der Waals surface area contributed by atoms with Gasteiger partial charge in [0.2, 0.25) is 5.91 Å². The number of benzene rings is 1. The van der Waals surface area contributed by atoms with Crippen LogP contribution in [0.4, 0.5) is 11.4 Å². The van der Waals surface area contributed by atoms with E-state index < -0.39 is 23.3 Å². The standard InChI is InChI=1S/C14H14Cl2N4O4/c1-2-10(21)20(19-7-6-18(16)12(15)13(19)22)9-5-3-4-8(11(9)17)14(23)24/h3-7,12H,2,17H2,1H3,(H,23,24)/t12-/m0/s1. The van der Waals surface area contributed by atoms with Crippen molar-refractivity contribution in [2.45, 2.75) is 18.8 Å². The van der Waals surface area contributed by atoms with Crippen LogP contribution in [0.1, 0.15) is 23.7 Å². The van der Waals surface area contributed by atoms with E-state index in [-0.39, 0.29) is 23.4 Å². The molecule has 3 N–H and O–H groups in total. The van der Waals surface area contributed by atoms with Crippen LogP contribution in [0.5, 0.6) is 0 Å². The number of alkyl halides is 1. The molecule has 0 saturated heterocycles. The number of rotatable bonds is 4. The largest absolute Gasteiger partial charge is 0.478 e. The Bertz CT molecular complexity index is 725. The second-order valence-electron chi connectivity index (χ2n) is 4.76. The molecule has 1 aromatic rings. The molecule has 0 saturated carbocycles. The maximum atomic E-state index is 12.4. The highest BCUT2D eigenvalue weighted by Crippen LogP contribution is 2.31. The van der Waals surface area contributed by atoms with Gasteiger partial charge in [-0.2, -0.15) is 0 Å². The Hall–Kier alpha value is -2.45. The quantitative estimate of drug-likeness (QED) is 0.362. The summed E-state index contributed by atoms with van der Waals surface area (Å²) in [6.07, 6.45) is 2.59. The summed E-state index contributed by atoms with van der Waals surface area (Å²) >= 11 is 11.7. The van der Waals surface area contributed by atoms with Gasteiger partial charge in [0, 0.05) is 30.6 Å². The first-order valence-electron chi connectivity index (χ1n) is 6.83. The van der Waals surface area contributed by atoms with Crippen LogP contribution in [0, 0.1) is 0 Å². The third-order valence-corrected chi connectivity index (χ3v) is 4.10. The van der Waals surface area contributed by atoms with E-state index in [1.807, 2.05) is 0 Å². The molecule has 1 atom stereocenters. The molecule has 10 heteroatoms. The van der Waals surface area contributed by atoms with Crippen LogP contribution in [0.2, 0.25) is 0 Å². The molecule has 2 rings (SSSR count). The normalized spacial score (nSPS) is 17.1. The molecule has 0 spiro atoms. The molecule has 1 aliphatic heterocycles. The van der Waals surface area contributed by atoms with Gasteiger partial charge in [-0.15, -0.1) is 0 Å². The van der Waals surface area contributed by atoms with E-state index in [1.54, 1.807) is 6.92 Å². The number of hydrogen-bond acceptors (Lipinski definition) is 5. The van der Waals surface area contributed by atoms with E-state index in [0.29, 0.717) is 0 Å². The van der Waals surface area contributed by atoms with Crippen molar-refractivity contribution in [2.24, 2.45) is 0 Å². The number of hydrazine groups is 1. The number of aromatic carboxylic acids is 1. The van der Waals surface area contributed by atoms with Crippen molar-refractivity contribution in [3.8, 4) is 0 Å². The van der Waals surface area contributed by atoms with Crippen molar-refractivity contribution in [1.29, 1.82) is 0 Å². The van der Waals surface area contributed by atoms with Crippen molar-refractivity contribution in [2.75, 3.05) is 10.7 Å². The zero-order chi connectivity index (χ0) is 18.0. The molecule has 128 valence electrons. The summed E-state index contributed by atoms with van der Waals surface area (Å²) in [4.78, 5) is 36.0. The van der Waals surface area contributed by atoms with Crippen molar-refractivity contribution < 1.29 is 19.5 Å². The molecule has 0 fully saturated rings. The number of amides is 2. The highest BCUT2D eigenvalue weighted by molar-refractivity contribution is 6.34. The number of nitrogens with zero attached hydrogens (tertiary/aromatic N) is 3. The summed E-state index contributed by atoms with van der Waals surface area (Å²) in [5.74, 6) is -2.41. The van der Waals surface area contributed by atoms with Gasteiger partial charge in [0.1, 0.15) is 0 Å². The van der Waals surface area contributed by atoms with E-state index in [2.05, 4.69) is 0 Å². The fourth-order valence-electron chi connectivity index (χ4n) is 2.10. The first kappa shape index (κ1) is 17.9. The summed E-state index contributed by atoms with van der Waals surface area (Å²) < 4.78 is 0.950. The Morgan fingerprint density at radius 1 is 1.38 bits per heavy atom. The molecule has 0 radical (unpaired) electrons. The summed E-state index contributed by atoms with van der Waals surface area (Å²) in [6, 6.07) is 4.16. The Morgan fingerprint density at radius 2 is 2.04 bits per heavy atom. The Labute approximate surface area is 147 Å². The van der Waals surface area contributed by atoms with Crippen molar-refractivity contribution in [3.63, 3.8) is 0 Å². The van der Waals surface area contributed by atoms with Crippen LogP contribution < -0.4 is 10.7 Å². The lowest BCUT2D eigenvalue weighted by molar-refractivity contribution is -0.135. The number of carboxylic acid groups (broad SMARTS) is 1. The minimum atomic E-state index is -1.25. The highest BCUT2D eigenvalue weighted by atomic mass is 35.5. The third-order valence-electron chi connectivity index (χ3n) is 3.29. The summed E-state index contributed by atoms with van der Waals surface area (Å²) in [5.41, 5.74) is 4.39. The van der Waals surface area contributed by atoms with Crippen LogP contribution >= 0.6 is 23.4 Å². The predicted octanol–water partition coefficient (Wildman–Crippen LogP) is 1.96. The molecule has 2 amide bonds. The number of halogens is 2. The molecule has 1 aromatic carbocycles. The molecule has 1 heterocycles. The first-order valence-corrected chi connectivity index (χ1v) is 7.61. The van der Waals surface area contributed by atoms with Crippen LogP contribution in [-0.2, 0) is 9.59 Å². The SMILES string of the molecule is CCC(=O)N(c1cccc(C(=O)O)c1N)N1C=CN(Cl)[C@H](Cl)C1=O. The van der Waals surface area contributed by atoms with Gasteiger partial charge >= 0.3 is 5.97 Å². The minimum Gasteiger partial charge on any atom is -0.478 e. The number of carboxylic acids is 1. The van der Waals surface area contributed by atoms with Gasteiger partial charge in [-0.25, -0.2) is 14.8 Å². The lowest BCUT2D eigenvalue weighted by Crippen LogP contribution is -2.53. The molecule has 8 nitrogen and oxygen atoms in total. The Morgan fingerprint density at radius 3 is 2.62 bits per heavy atom. The number of nitrogen functional groups attached to an aromatic ring is 1. The molecule has 1 aliphatic rings. The van der Waals surface area contributed by atoms with Gasteiger partial charge in [0.15, 0.2) is 5.50 Å². The van der Waals surface area contributed by atoms with Gasteiger partial charge in [0.25, 0.3) is 5.91 Å². The van der Waals surface area contributed by atoms with Gasteiger partial charge in [-0.05, 0) is 12.1 Å². The van der Waals surface area contributed by atoms with E-state index in [1.165, 1.54) is 30.6 Å². The van der Waals surface area contributed by atoms with Crippen LogP contribution in [-0.4, -0.2) is 37.8 Å². The van der Waals surface area contributed by atoms with E-state index in [9.17, 15) is 19.5 Å². The third kappa shape index (κ3) is 3.10. The molecule has 0 aliphatic carbocycles. The van der Waals surface area contributed by atoms with E-state index in [0.717, 1.165) is 14.4 Å². The number of para-hydroxylation sites is 1. The van der Waals surface area contributed by atoms with Crippen molar-refractivity contribution >= 4 is 52.5 Å². The first-order chi connectivity index (χ1) is 11.3. The van der Waals surface area contributed by atoms with Crippen LogP contribution in [0.15, 0.2) is 30.6 Å². The van der Waals surface area contributed by atoms with E-state index >= 15 is 0 Å². The molecule has 0 unspecified atom stereocenters. The van der Waals surface area contributed by atoms with Crippen molar-refractivity contribution in [3.05, 3.63) is 36.2 Å². The lowest BCUT2D eigenvalue weighted by Gasteiger charge is -2.37. The maximum absolute atomic E-state index is 12.4. The number of anilines is 2. The molecular formula is C14H14Cl2N4O4. The smallest absolute Gasteiger partial charge is 0.337 e. The van der Waals surface area contributed by atoms with Gasteiger partial charge < -0.3 is 10.8 Å². The topological polar surface area (TPSA) is 107 Å². The average Bonchev–Trinajstić information content (AvgIpc) is 2.55. The average molecular weight is 373 g/mol. The fourth-order valence-corrected chi connectivity index (χ4v) is 2.40. The molecule has 0 bridgehead atoms. The van der Waals surface area contributed by atoms with Gasteiger partial charge in [-0.3, -0.25) is 14.0 Å². The Kier molecular flexibility index (Phi) is 5.20. The maximum Gasteiger partial charge on any atom is 0.337 e. The second kappa shape index (κ2) is 6.98. The number of nitrogens with two attached hydrogens (primary N) is 1. The molecule has 0 aromatic heterocycles. The zero-order valence-electron chi connectivity index (χ0n) is 12.5. The highest BCUT2D eigenvalue weighted by Gasteiger charge is 2.36. The summed E-state index contributed by atoms with van der Waals surface area (Å²) in [7, 11) is 0. The lowest BCUT2D eigenvalue weighted by atomic mass is 10.1. The van der Waals surface area contributed by atoms with Gasteiger partial charge in [0.05, 0.1) is 16.9 Å². The second-order valence-corrected chi connectivity index (χ2v) is 5.57. The Balaban J connectivity index is 2.58. The summed E-state index contributed by atoms with van der Waals surface area (Å²) in [6.45, 7) is 1.59. The van der Waals surface area contributed by atoms with Crippen molar-refractivity contribution in [1.82, 2.24) is 9.43 Å². The minimum absolute atomic E-state index is 0.0475. The van der Waals surface area contributed by atoms with Crippen LogP contribution in [0.25, 0.3) is 0 Å². The van der Waals surface area contributed by atoms with E-state index in [4.69, 9.17) is 29.1 Å². The fraction of sp³-hybridized carbons (Fsp3) is 0.214. The van der Waals surface area contributed by atoms with Crippen LogP contribution in [0.3, 0.4) is 0 Å². The molecule has 24 heavy (non-hydrogen) atoms. The summed E-state index contributed by atoms with van der Waals surface area (Å²) in [5, 5.41) is 11.1. The predicted molar refractivity (Wildman–Crippen MR) is 88.9 cm³/mol. The monoisotopic (exact) mass is 372 g/mol. The zero-order valence-corrected chi connectivity index (χ0v) is 14.0. The number of carbonyl (C=O) groups excluding carboxylic acids is 2. The molecular weight excluding hydrogens is 359 g/mol. The van der Waals surface area contributed by atoms with Gasteiger partial charge in [-0.1, -0.05) is 24.6 Å².